The van der Waals surface area contributed by atoms with Gasteiger partial charge in [0.05, 0.1) is 6.61 Å². The van der Waals surface area contributed by atoms with Crippen LogP contribution in [0.2, 0.25) is 0 Å². The Labute approximate surface area is 103 Å². The zero-order chi connectivity index (χ0) is 12.5. The van der Waals surface area contributed by atoms with E-state index < -0.39 is 0 Å². The maximum Gasteiger partial charge on any atom is 0.218 e. The summed E-state index contributed by atoms with van der Waals surface area (Å²) in [4.78, 5) is 10.4. The lowest BCUT2D eigenvalue weighted by Crippen LogP contribution is -2.14. The fraction of sp³-hybridized carbons (Fsp3) is 0.667. The predicted octanol–water partition coefficient (Wildman–Crippen LogP) is 1.63. The van der Waals surface area contributed by atoms with E-state index >= 15 is 0 Å². The lowest BCUT2D eigenvalue weighted by Gasteiger charge is -2.10. The van der Waals surface area contributed by atoms with Crippen LogP contribution >= 0.6 is 0 Å². The second-order valence-electron chi connectivity index (χ2n) is 4.11. The molecule has 1 aromatic rings. The molecule has 1 aromatic heterocycles. The van der Waals surface area contributed by atoms with Crippen LogP contribution in [-0.2, 0) is 0 Å². The van der Waals surface area contributed by atoms with Gasteiger partial charge in [-0.15, -0.1) is 0 Å². The summed E-state index contributed by atoms with van der Waals surface area (Å²) >= 11 is 0. The van der Waals surface area contributed by atoms with Crippen LogP contribution in [-0.4, -0.2) is 48.7 Å². The third kappa shape index (κ3) is 6.06. The Morgan fingerprint density at radius 3 is 2.82 bits per heavy atom. The highest BCUT2D eigenvalue weighted by molar-refractivity contribution is 5.36. The van der Waals surface area contributed by atoms with Gasteiger partial charge in [0.25, 0.3) is 0 Å². The maximum absolute atomic E-state index is 5.31. The van der Waals surface area contributed by atoms with Crippen LogP contribution in [0.15, 0.2) is 12.4 Å². The number of hydrogen-bond donors (Lipinski definition) is 1. The van der Waals surface area contributed by atoms with Crippen molar-refractivity contribution in [2.75, 3.05) is 39.1 Å². The monoisotopic (exact) mass is 238 g/mol. The first kappa shape index (κ1) is 13.7. The molecule has 0 spiro atoms. The maximum atomic E-state index is 5.31. The number of anilines is 1. The molecule has 0 bridgehead atoms. The lowest BCUT2D eigenvalue weighted by atomic mass is 10.3. The van der Waals surface area contributed by atoms with Gasteiger partial charge in [-0.3, -0.25) is 0 Å². The Kier molecular flexibility index (Phi) is 6.32. The number of nitrogens with one attached hydrogen (secondary N) is 1. The summed E-state index contributed by atoms with van der Waals surface area (Å²) in [7, 11) is 4.18. The van der Waals surface area contributed by atoms with E-state index in [2.05, 4.69) is 34.3 Å². The molecule has 0 saturated carbocycles. The third-order valence-electron chi connectivity index (χ3n) is 2.27. The van der Waals surface area contributed by atoms with E-state index in [4.69, 9.17) is 4.74 Å². The van der Waals surface area contributed by atoms with Gasteiger partial charge in [0.1, 0.15) is 12.1 Å². The number of ether oxygens (including phenoxy) is 1. The number of nitrogens with zero attached hydrogens (tertiary/aromatic N) is 3. The van der Waals surface area contributed by atoms with E-state index in [9.17, 15) is 0 Å². The molecular weight excluding hydrogens is 216 g/mol. The van der Waals surface area contributed by atoms with Crippen molar-refractivity contribution in [2.45, 2.75) is 19.8 Å². The number of aromatic nitrogens is 2. The first-order valence-corrected chi connectivity index (χ1v) is 6.06. The fourth-order valence-corrected chi connectivity index (χ4v) is 1.43. The minimum Gasteiger partial charge on any atom is -0.478 e. The van der Waals surface area contributed by atoms with E-state index in [1.165, 1.54) is 12.7 Å². The van der Waals surface area contributed by atoms with Crippen molar-refractivity contribution in [2.24, 2.45) is 0 Å². The second kappa shape index (κ2) is 7.84. The molecule has 0 unspecified atom stereocenters. The molecule has 5 heteroatoms. The van der Waals surface area contributed by atoms with Crippen molar-refractivity contribution >= 4 is 5.82 Å². The van der Waals surface area contributed by atoms with Crippen LogP contribution in [0, 0.1) is 0 Å². The summed E-state index contributed by atoms with van der Waals surface area (Å²) < 4.78 is 5.31. The Bertz CT molecular complexity index is 317. The number of unbranched alkanes of at least 4 members (excludes halogenated alkanes) is 1. The second-order valence-corrected chi connectivity index (χ2v) is 4.11. The topological polar surface area (TPSA) is 50.3 Å². The lowest BCUT2D eigenvalue weighted by molar-refractivity contribution is 0.326. The van der Waals surface area contributed by atoms with Gasteiger partial charge in [-0.2, -0.15) is 0 Å². The first-order valence-electron chi connectivity index (χ1n) is 6.06. The van der Waals surface area contributed by atoms with Crippen molar-refractivity contribution in [3.8, 4) is 5.88 Å². The molecule has 1 heterocycles. The highest BCUT2D eigenvalue weighted by Crippen LogP contribution is 2.10. The van der Waals surface area contributed by atoms with Gasteiger partial charge >= 0.3 is 0 Å². The standard InChI is InChI=1S/C12H22N4O/c1-4-17-12-9-11(14-10-15-12)13-7-5-6-8-16(2)3/h9-10H,4-8H2,1-3H3,(H,13,14,15). The van der Waals surface area contributed by atoms with Crippen LogP contribution in [0.4, 0.5) is 5.82 Å². The molecule has 0 aromatic carbocycles. The molecule has 1 rings (SSSR count). The van der Waals surface area contributed by atoms with E-state index in [0.717, 1.165) is 25.3 Å². The van der Waals surface area contributed by atoms with Gasteiger partial charge in [-0.1, -0.05) is 0 Å². The molecule has 5 nitrogen and oxygen atoms in total. The Hall–Kier alpha value is -1.36. The molecule has 0 aliphatic heterocycles. The molecule has 0 aliphatic carbocycles. The average Bonchev–Trinajstić information content (AvgIpc) is 2.29. The van der Waals surface area contributed by atoms with Crippen LogP contribution in [0.1, 0.15) is 19.8 Å². The average molecular weight is 238 g/mol. The first-order chi connectivity index (χ1) is 8.22. The van der Waals surface area contributed by atoms with Gasteiger partial charge in [0.2, 0.25) is 5.88 Å². The van der Waals surface area contributed by atoms with Crippen LogP contribution in [0.3, 0.4) is 0 Å². The van der Waals surface area contributed by atoms with E-state index in [1.807, 2.05) is 13.0 Å². The van der Waals surface area contributed by atoms with Gasteiger partial charge in [0.15, 0.2) is 0 Å². The van der Waals surface area contributed by atoms with Crippen molar-refractivity contribution in [1.29, 1.82) is 0 Å². The summed E-state index contributed by atoms with van der Waals surface area (Å²) in [5.41, 5.74) is 0. The third-order valence-corrected chi connectivity index (χ3v) is 2.27. The number of hydrogen-bond acceptors (Lipinski definition) is 5. The zero-order valence-corrected chi connectivity index (χ0v) is 10.9. The molecule has 0 amide bonds. The van der Waals surface area contributed by atoms with Gasteiger partial charge in [0, 0.05) is 12.6 Å². The molecular formula is C12H22N4O. The Morgan fingerprint density at radius 1 is 1.29 bits per heavy atom. The van der Waals surface area contributed by atoms with E-state index in [1.54, 1.807) is 0 Å². The molecule has 17 heavy (non-hydrogen) atoms. The van der Waals surface area contributed by atoms with Crippen LogP contribution < -0.4 is 10.1 Å². The Morgan fingerprint density at radius 2 is 2.12 bits per heavy atom. The fourth-order valence-electron chi connectivity index (χ4n) is 1.43. The van der Waals surface area contributed by atoms with Crippen LogP contribution in [0.25, 0.3) is 0 Å². The molecule has 96 valence electrons. The molecule has 0 fully saturated rings. The predicted molar refractivity (Wildman–Crippen MR) is 69.5 cm³/mol. The van der Waals surface area contributed by atoms with Gasteiger partial charge < -0.3 is 15.0 Å². The van der Waals surface area contributed by atoms with Crippen molar-refractivity contribution in [3.63, 3.8) is 0 Å². The minimum atomic E-state index is 0.623. The van der Waals surface area contributed by atoms with Crippen molar-refractivity contribution in [1.82, 2.24) is 14.9 Å². The largest absolute Gasteiger partial charge is 0.478 e. The molecule has 0 radical (unpaired) electrons. The normalized spacial score (nSPS) is 10.6. The van der Waals surface area contributed by atoms with Gasteiger partial charge in [-0.25, -0.2) is 9.97 Å². The van der Waals surface area contributed by atoms with Crippen molar-refractivity contribution in [3.05, 3.63) is 12.4 Å². The summed E-state index contributed by atoms with van der Waals surface area (Å²) in [6.07, 6.45) is 3.84. The smallest absolute Gasteiger partial charge is 0.218 e. The van der Waals surface area contributed by atoms with Crippen molar-refractivity contribution < 1.29 is 4.74 Å². The highest BCUT2D eigenvalue weighted by Gasteiger charge is 1.98. The molecule has 0 aliphatic rings. The molecule has 0 saturated heterocycles. The number of rotatable bonds is 8. The quantitative estimate of drug-likeness (QED) is 0.698. The minimum absolute atomic E-state index is 0.623. The van der Waals surface area contributed by atoms with E-state index in [-0.39, 0.29) is 0 Å². The SMILES string of the molecule is CCOc1cc(NCCCCN(C)C)ncn1. The summed E-state index contributed by atoms with van der Waals surface area (Å²) in [5.74, 6) is 1.45. The summed E-state index contributed by atoms with van der Waals surface area (Å²) in [5, 5.41) is 3.27. The van der Waals surface area contributed by atoms with Crippen LogP contribution in [0.5, 0.6) is 5.88 Å². The van der Waals surface area contributed by atoms with E-state index in [0.29, 0.717) is 12.5 Å². The molecule has 0 atom stereocenters. The Balaban J connectivity index is 2.24. The highest BCUT2D eigenvalue weighted by atomic mass is 16.5. The van der Waals surface area contributed by atoms with Gasteiger partial charge in [-0.05, 0) is 40.4 Å². The molecule has 1 N–H and O–H groups in total. The summed E-state index contributed by atoms with van der Waals surface area (Å²) in [6, 6.07) is 1.83. The summed E-state index contributed by atoms with van der Waals surface area (Å²) in [6.45, 7) is 4.61. The zero-order valence-electron chi connectivity index (χ0n) is 10.9.